The number of aliphatic hydroxyl groups excluding tert-OH is 1. The Kier molecular flexibility index (Phi) is 3.84. The van der Waals surface area contributed by atoms with Crippen molar-refractivity contribution in [1.82, 2.24) is 0 Å². The van der Waals surface area contributed by atoms with Crippen molar-refractivity contribution in [3.8, 4) is 11.5 Å². The number of aliphatic hydroxyl groups is 1. The normalized spacial score (nSPS) is 20.5. The summed E-state index contributed by atoms with van der Waals surface area (Å²) in [5.41, 5.74) is 3.26. The Morgan fingerprint density at radius 2 is 2.00 bits per heavy atom. The first-order chi connectivity index (χ1) is 10.2. The van der Waals surface area contributed by atoms with Gasteiger partial charge in [-0.25, -0.2) is 0 Å². The molecule has 3 heteroatoms. The molecule has 1 aliphatic rings. The van der Waals surface area contributed by atoms with Crippen molar-refractivity contribution in [3.63, 3.8) is 0 Å². The van der Waals surface area contributed by atoms with E-state index in [2.05, 4.69) is 19.1 Å². The third-order valence-electron chi connectivity index (χ3n) is 4.07. The van der Waals surface area contributed by atoms with Gasteiger partial charge < -0.3 is 14.6 Å². The van der Waals surface area contributed by atoms with Crippen LogP contribution in [-0.4, -0.2) is 12.2 Å². The second kappa shape index (κ2) is 5.78. The number of rotatable bonds is 3. The third-order valence-corrected chi connectivity index (χ3v) is 4.07. The van der Waals surface area contributed by atoms with Gasteiger partial charge in [0.15, 0.2) is 0 Å². The van der Waals surface area contributed by atoms with Gasteiger partial charge in [-0.05, 0) is 29.7 Å². The number of hydrogen-bond donors (Lipinski definition) is 1. The maximum absolute atomic E-state index is 10.4. The average molecular weight is 284 g/mol. The molecule has 1 unspecified atom stereocenters. The highest BCUT2D eigenvalue weighted by atomic mass is 16.5. The summed E-state index contributed by atoms with van der Waals surface area (Å²) in [6.45, 7) is 2.13. The molecule has 0 aliphatic carbocycles. The number of methoxy groups -OCH3 is 1. The van der Waals surface area contributed by atoms with E-state index in [1.165, 1.54) is 5.56 Å². The predicted octanol–water partition coefficient (Wildman–Crippen LogP) is 3.81. The Labute approximate surface area is 125 Å². The minimum absolute atomic E-state index is 0.115. The Morgan fingerprint density at radius 3 is 2.76 bits per heavy atom. The maximum atomic E-state index is 10.4. The summed E-state index contributed by atoms with van der Waals surface area (Å²) in [6.07, 6.45) is 0.915. The molecule has 0 spiro atoms. The number of hydrogen-bond acceptors (Lipinski definition) is 3. The van der Waals surface area contributed by atoms with E-state index in [9.17, 15) is 5.11 Å². The van der Waals surface area contributed by atoms with Crippen LogP contribution in [0.5, 0.6) is 11.5 Å². The largest absolute Gasteiger partial charge is 0.497 e. The first kappa shape index (κ1) is 14.0. The molecule has 0 saturated carbocycles. The standard InChI is InChI=1S/C18H20O3/c1-3-12-6-4-5-7-14(12)18-11-16(19)15-9-8-13(20-2)10-17(15)21-18/h4-10,16,18-19H,3,11H2,1-2H3/t16-,18?/m1/s1. The fraction of sp³-hybridized carbons (Fsp3) is 0.333. The second-order valence-electron chi connectivity index (χ2n) is 5.31. The summed E-state index contributed by atoms with van der Waals surface area (Å²) in [7, 11) is 1.63. The van der Waals surface area contributed by atoms with Crippen molar-refractivity contribution in [2.75, 3.05) is 7.11 Å². The van der Waals surface area contributed by atoms with Crippen LogP contribution in [0.3, 0.4) is 0 Å². The van der Waals surface area contributed by atoms with Crippen LogP contribution in [0.1, 0.15) is 42.2 Å². The summed E-state index contributed by atoms with van der Waals surface area (Å²) in [4.78, 5) is 0. The number of fused-ring (bicyclic) bond motifs is 1. The smallest absolute Gasteiger partial charge is 0.129 e. The number of benzene rings is 2. The van der Waals surface area contributed by atoms with E-state index in [-0.39, 0.29) is 6.10 Å². The van der Waals surface area contributed by atoms with Gasteiger partial charge in [-0.3, -0.25) is 0 Å². The molecule has 110 valence electrons. The zero-order valence-corrected chi connectivity index (χ0v) is 12.4. The van der Waals surface area contributed by atoms with Gasteiger partial charge in [-0.15, -0.1) is 0 Å². The predicted molar refractivity (Wildman–Crippen MR) is 81.8 cm³/mol. The van der Waals surface area contributed by atoms with Crippen molar-refractivity contribution in [2.45, 2.75) is 32.0 Å². The van der Waals surface area contributed by atoms with Crippen LogP contribution >= 0.6 is 0 Å². The van der Waals surface area contributed by atoms with Crippen molar-refractivity contribution >= 4 is 0 Å². The monoisotopic (exact) mass is 284 g/mol. The van der Waals surface area contributed by atoms with Crippen LogP contribution in [0.4, 0.5) is 0 Å². The second-order valence-corrected chi connectivity index (χ2v) is 5.31. The molecular weight excluding hydrogens is 264 g/mol. The maximum Gasteiger partial charge on any atom is 0.129 e. The molecule has 21 heavy (non-hydrogen) atoms. The van der Waals surface area contributed by atoms with Gasteiger partial charge in [-0.1, -0.05) is 31.2 Å². The van der Waals surface area contributed by atoms with E-state index in [4.69, 9.17) is 9.47 Å². The molecule has 2 atom stereocenters. The lowest BCUT2D eigenvalue weighted by molar-refractivity contribution is 0.0651. The van der Waals surface area contributed by atoms with Crippen LogP contribution in [-0.2, 0) is 6.42 Å². The molecule has 0 saturated heterocycles. The molecule has 0 bridgehead atoms. The van der Waals surface area contributed by atoms with E-state index in [1.54, 1.807) is 7.11 Å². The molecule has 0 fully saturated rings. The highest BCUT2D eigenvalue weighted by Gasteiger charge is 2.29. The van der Waals surface area contributed by atoms with Crippen molar-refractivity contribution in [1.29, 1.82) is 0 Å². The molecule has 2 aromatic carbocycles. The van der Waals surface area contributed by atoms with Crippen LogP contribution in [0.15, 0.2) is 42.5 Å². The Balaban J connectivity index is 1.97. The fourth-order valence-electron chi connectivity index (χ4n) is 2.91. The van der Waals surface area contributed by atoms with Crippen molar-refractivity contribution < 1.29 is 14.6 Å². The van der Waals surface area contributed by atoms with E-state index >= 15 is 0 Å². The zero-order valence-electron chi connectivity index (χ0n) is 12.4. The van der Waals surface area contributed by atoms with E-state index in [1.807, 2.05) is 30.3 Å². The molecular formula is C18H20O3. The lowest BCUT2D eigenvalue weighted by atomic mass is 9.92. The van der Waals surface area contributed by atoms with Gasteiger partial charge in [0.25, 0.3) is 0 Å². The molecule has 3 rings (SSSR count). The molecule has 3 nitrogen and oxygen atoms in total. The number of ether oxygens (including phenoxy) is 2. The number of aryl methyl sites for hydroxylation is 1. The lowest BCUT2D eigenvalue weighted by Crippen LogP contribution is -2.20. The van der Waals surface area contributed by atoms with Crippen LogP contribution in [0, 0.1) is 0 Å². The Morgan fingerprint density at radius 1 is 1.19 bits per heavy atom. The molecule has 0 amide bonds. The van der Waals surface area contributed by atoms with Crippen LogP contribution in [0.25, 0.3) is 0 Å². The summed E-state index contributed by atoms with van der Waals surface area (Å²) in [5, 5.41) is 10.4. The molecule has 1 N–H and O–H groups in total. The minimum Gasteiger partial charge on any atom is -0.497 e. The molecule has 0 radical (unpaired) electrons. The zero-order chi connectivity index (χ0) is 14.8. The van der Waals surface area contributed by atoms with Crippen molar-refractivity contribution in [2.24, 2.45) is 0 Å². The summed E-state index contributed by atoms with van der Waals surface area (Å²) in [5.74, 6) is 1.45. The first-order valence-corrected chi connectivity index (χ1v) is 7.33. The fourth-order valence-corrected chi connectivity index (χ4v) is 2.91. The molecule has 1 heterocycles. The molecule has 1 aliphatic heterocycles. The highest BCUT2D eigenvalue weighted by Crippen LogP contribution is 2.42. The first-order valence-electron chi connectivity index (χ1n) is 7.33. The van der Waals surface area contributed by atoms with Crippen molar-refractivity contribution in [3.05, 3.63) is 59.2 Å². The van der Waals surface area contributed by atoms with E-state index < -0.39 is 6.10 Å². The summed E-state index contributed by atoms with van der Waals surface area (Å²) >= 11 is 0. The quantitative estimate of drug-likeness (QED) is 0.931. The topological polar surface area (TPSA) is 38.7 Å². The van der Waals surface area contributed by atoms with Crippen LogP contribution < -0.4 is 9.47 Å². The minimum atomic E-state index is -0.505. The molecule has 2 aromatic rings. The SMILES string of the molecule is CCc1ccccc1C1C[C@@H](O)c2ccc(OC)cc2O1. The van der Waals surface area contributed by atoms with Gasteiger partial charge in [0.1, 0.15) is 17.6 Å². The summed E-state index contributed by atoms with van der Waals surface area (Å²) < 4.78 is 11.4. The van der Waals surface area contributed by atoms with Gasteiger partial charge in [0.2, 0.25) is 0 Å². The summed E-state index contributed by atoms with van der Waals surface area (Å²) in [6, 6.07) is 13.8. The van der Waals surface area contributed by atoms with Crippen LogP contribution in [0.2, 0.25) is 0 Å². The Hall–Kier alpha value is -2.00. The highest BCUT2D eigenvalue weighted by molar-refractivity contribution is 5.44. The Bertz CT molecular complexity index is 636. The third kappa shape index (κ3) is 2.61. The van der Waals surface area contributed by atoms with Gasteiger partial charge in [0, 0.05) is 18.1 Å². The van der Waals surface area contributed by atoms with Gasteiger partial charge in [0.05, 0.1) is 13.2 Å². The van der Waals surface area contributed by atoms with Gasteiger partial charge >= 0.3 is 0 Å². The lowest BCUT2D eigenvalue weighted by Gasteiger charge is -2.31. The average Bonchev–Trinajstić information content (AvgIpc) is 2.54. The van der Waals surface area contributed by atoms with E-state index in [0.717, 1.165) is 23.3 Å². The molecule has 0 aromatic heterocycles. The van der Waals surface area contributed by atoms with Gasteiger partial charge in [-0.2, -0.15) is 0 Å². The van der Waals surface area contributed by atoms with E-state index in [0.29, 0.717) is 12.2 Å².